The summed E-state index contributed by atoms with van der Waals surface area (Å²) in [6.07, 6.45) is 0.468. The lowest BCUT2D eigenvalue weighted by Gasteiger charge is -2.13. The minimum Gasteiger partial charge on any atom is -0.476 e. The Kier molecular flexibility index (Phi) is 3.32. The van der Waals surface area contributed by atoms with Crippen molar-refractivity contribution in [2.24, 2.45) is 0 Å². The third kappa shape index (κ3) is 2.77. The summed E-state index contributed by atoms with van der Waals surface area (Å²) < 4.78 is 5.30. The molecule has 1 aromatic heterocycles. The van der Waals surface area contributed by atoms with Crippen LogP contribution in [0.3, 0.4) is 0 Å². The van der Waals surface area contributed by atoms with E-state index in [1.54, 1.807) is 12.1 Å². The van der Waals surface area contributed by atoms with Crippen LogP contribution in [0.4, 0.5) is 11.5 Å². The highest BCUT2D eigenvalue weighted by Gasteiger charge is 2.21. The lowest BCUT2D eigenvalue weighted by Crippen LogP contribution is -2.23. The van der Waals surface area contributed by atoms with Crippen LogP contribution in [0.1, 0.15) is 13.3 Å². The van der Waals surface area contributed by atoms with Gasteiger partial charge >= 0.3 is 0 Å². The minimum atomic E-state index is 0.0583. The highest BCUT2D eigenvalue weighted by molar-refractivity contribution is 5.79. The number of hydrogen-bond acceptors (Lipinski definition) is 5. The third-order valence-electron chi connectivity index (χ3n) is 2.50. The van der Waals surface area contributed by atoms with Crippen LogP contribution in [0.5, 0.6) is 5.88 Å². The lowest BCUT2D eigenvalue weighted by molar-refractivity contribution is -0.119. The van der Waals surface area contributed by atoms with Crippen molar-refractivity contribution in [1.29, 1.82) is 0 Å². The van der Waals surface area contributed by atoms with E-state index in [0.717, 1.165) is 0 Å². The van der Waals surface area contributed by atoms with Crippen molar-refractivity contribution >= 4 is 17.4 Å². The van der Waals surface area contributed by atoms with Gasteiger partial charge in [0.05, 0.1) is 18.3 Å². The summed E-state index contributed by atoms with van der Waals surface area (Å²) in [5, 5.41) is 5.92. The summed E-state index contributed by atoms with van der Waals surface area (Å²) >= 11 is 0. The fourth-order valence-corrected chi connectivity index (χ4v) is 1.70. The highest BCUT2D eigenvalue weighted by Crippen LogP contribution is 2.21. The zero-order chi connectivity index (χ0) is 12.3. The van der Waals surface area contributed by atoms with Gasteiger partial charge in [-0.3, -0.25) is 4.79 Å². The molecule has 0 aliphatic carbocycles. The number of hydrogen-bond donors (Lipinski definition) is 3. The van der Waals surface area contributed by atoms with E-state index >= 15 is 0 Å². The monoisotopic (exact) mass is 236 g/mol. The quantitative estimate of drug-likeness (QED) is 0.702. The normalized spacial score (nSPS) is 18.9. The van der Waals surface area contributed by atoms with Gasteiger partial charge in [-0.2, -0.15) is 4.98 Å². The second-order valence-corrected chi connectivity index (χ2v) is 3.87. The van der Waals surface area contributed by atoms with Gasteiger partial charge in [0.1, 0.15) is 5.82 Å². The Morgan fingerprint density at radius 3 is 3.12 bits per heavy atom. The van der Waals surface area contributed by atoms with Crippen molar-refractivity contribution in [1.82, 2.24) is 10.3 Å². The van der Waals surface area contributed by atoms with Crippen LogP contribution >= 0.6 is 0 Å². The second-order valence-electron chi connectivity index (χ2n) is 3.87. The SMILES string of the molecule is CCOc1nc(NC2CNC(=O)C2)ccc1N. The van der Waals surface area contributed by atoms with Gasteiger partial charge in [-0.25, -0.2) is 0 Å². The molecule has 1 saturated heterocycles. The number of nitrogens with one attached hydrogen (secondary N) is 2. The van der Waals surface area contributed by atoms with Crippen molar-refractivity contribution in [2.45, 2.75) is 19.4 Å². The summed E-state index contributed by atoms with van der Waals surface area (Å²) in [7, 11) is 0. The molecule has 0 radical (unpaired) electrons. The smallest absolute Gasteiger partial charge is 0.239 e. The zero-order valence-corrected chi connectivity index (χ0v) is 9.69. The fourth-order valence-electron chi connectivity index (χ4n) is 1.70. The Morgan fingerprint density at radius 2 is 2.47 bits per heavy atom. The van der Waals surface area contributed by atoms with Gasteiger partial charge in [-0.15, -0.1) is 0 Å². The highest BCUT2D eigenvalue weighted by atomic mass is 16.5. The van der Waals surface area contributed by atoms with Gasteiger partial charge in [0.2, 0.25) is 11.8 Å². The molecule has 0 saturated carbocycles. The molecule has 1 aromatic rings. The zero-order valence-electron chi connectivity index (χ0n) is 9.69. The maximum absolute atomic E-state index is 11.1. The molecule has 1 unspecified atom stereocenters. The predicted octanol–water partition coefficient (Wildman–Crippen LogP) is 0.363. The van der Waals surface area contributed by atoms with E-state index in [4.69, 9.17) is 10.5 Å². The molecule has 0 aromatic carbocycles. The molecule has 17 heavy (non-hydrogen) atoms. The maximum Gasteiger partial charge on any atom is 0.239 e. The average Bonchev–Trinajstić information content (AvgIpc) is 2.69. The second kappa shape index (κ2) is 4.90. The maximum atomic E-state index is 11.1. The van der Waals surface area contributed by atoms with Crippen LogP contribution in [-0.4, -0.2) is 30.1 Å². The molecule has 6 nitrogen and oxygen atoms in total. The van der Waals surface area contributed by atoms with Crippen LogP contribution in [0.25, 0.3) is 0 Å². The largest absolute Gasteiger partial charge is 0.476 e. The van der Waals surface area contributed by atoms with E-state index in [9.17, 15) is 4.79 Å². The number of carbonyl (C=O) groups is 1. The van der Waals surface area contributed by atoms with Crippen molar-refractivity contribution in [2.75, 3.05) is 24.2 Å². The molecule has 6 heteroatoms. The summed E-state index contributed by atoms with van der Waals surface area (Å²) in [5.74, 6) is 1.15. The molecule has 2 heterocycles. The van der Waals surface area contributed by atoms with Gasteiger partial charge in [0.25, 0.3) is 0 Å². The number of carbonyl (C=O) groups excluding carboxylic acids is 1. The van der Waals surface area contributed by atoms with Gasteiger partial charge in [0, 0.05) is 13.0 Å². The van der Waals surface area contributed by atoms with E-state index in [1.165, 1.54) is 0 Å². The number of nitrogens with zero attached hydrogens (tertiary/aromatic N) is 1. The van der Waals surface area contributed by atoms with E-state index in [0.29, 0.717) is 37.0 Å². The first-order valence-electron chi connectivity index (χ1n) is 5.61. The number of aromatic nitrogens is 1. The van der Waals surface area contributed by atoms with Crippen LogP contribution < -0.4 is 21.1 Å². The number of nitrogens with two attached hydrogens (primary N) is 1. The number of pyridine rings is 1. The van der Waals surface area contributed by atoms with Gasteiger partial charge in [-0.05, 0) is 19.1 Å². The van der Waals surface area contributed by atoms with Crippen LogP contribution in [0, 0.1) is 0 Å². The van der Waals surface area contributed by atoms with E-state index < -0.39 is 0 Å². The molecule has 1 amide bonds. The molecule has 92 valence electrons. The number of nitrogen functional groups attached to an aromatic ring is 1. The minimum absolute atomic E-state index is 0.0583. The Labute approximate surface area is 99.5 Å². The first kappa shape index (κ1) is 11.5. The van der Waals surface area contributed by atoms with Crippen LogP contribution in [-0.2, 0) is 4.79 Å². The van der Waals surface area contributed by atoms with Crippen molar-refractivity contribution in [3.63, 3.8) is 0 Å². The number of rotatable bonds is 4. The molecule has 4 N–H and O–H groups in total. The van der Waals surface area contributed by atoms with E-state index in [1.807, 2.05) is 6.92 Å². The molecular formula is C11H16N4O2. The topological polar surface area (TPSA) is 89.3 Å². The predicted molar refractivity (Wildman–Crippen MR) is 64.9 cm³/mol. The Balaban J connectivity index is 2.05. The Hall–Kier alpha value is -1.98. The first-order valence-corrected chi connectivity index (χ1v) is 5.61. The summed E-state index contributed by atoms with van der Waals surface area (Å²) in [6, 6.07) is 3.60. The third-order valence-corrected chi connectivity index (χ3v) is 2.50. The standard InChI is InChI=1S/C11H16N4O2/c1-2-17-11-8(12)3-4-9(15-11)14-7-5-10(16)13-6-7/h3-4,7H,2,5-6,12H2,1H3,(H,13,16)(H,14,15). The number of ether oxygens (including phenoxy) is 1. The van der Waals surface area contributed by atoms with Gasteiger partial charge in [-0.1, -0.05) is 0 Å². The summed E-state index contributed by atoms with van der Waals surface area (Å²) in [4.78, 5) is 15.3. The summed E-state index contributed by atoms with van der Waals surface area (Å²) in [5.41, 5.74) is 6.24. The molecule has 0 bridgehead atoms. The molecule has 0 spiro atoms. The first-order chi connectivity index (χ1) is 8.19. The molecular weight excluding hydrogens is 220 g/mol. The Morgan fingerprint density at radius 1 is 1.65 bits per heavy atom. The van der Waals surface area contributed by atoms with E-state index in [2.05, 4.69) is 15.6 Å². The summed E-state index contributed by atoms with van der Waals surface area (Å²) in [6.45, 7) is 3.01. The van der Waals surface area contributed by atoms with Crippen LogP contribution in [0.15, 0.2) is 12.1 Å². The lowest BCUT2D eigenvalue weighted by atomic mass is 10.2. The van der Waals surface area contributed by atoms with Gasteiger partial charge in [0.15, 0.2) is 0 Å². The molecule has 2 rings (SSSR count). The molecule has 1 fully saturated rings. The molecule has 1 aliphatic rings. The fraction of sp³-hybridized carbons (Fsp3) is 0.455. The van der Waals surface area contributed by atoms with Crippen LogP contribution in [0.2, 0.25) is 0 Å². The van der Waals surface area contributed by atoms with Crippen molar-refractivity contribution in [3.05, 3.63) is 12.1 Å². The molecule has 1 aliphatic heterocycles. The Bertz CT molecular complexity index is 422. The van der Waals surface area contributed by atoms with E-state index in [-0.39, 0.29) is 11.9 Å². The number of amides is 1. The van der Waals surface area contributed by atoms with Crippen molar-refractivity contribution in [3.8, 4) is 5.88 Å². The van der Waals surface area contributed by atoms with Crippen molar-refractivity contribution < 1.29 is 9.53 Å². The molecule has 1 atom stereocenters. The average molecular weight is 236 g/mol. The van der Waals surface area contributed by atoms with Gasteiger partial charge < -0.3 is 21.1 Å². The number of anilines is 2.